The molecule has 0 fully saturated rings. The summed E-state index contributed by atoms with van der Waals surface area (Å²) in [7, 11) is -0.952. The smallest absolute Gasteiger partial charge is 0.261 e. The van der Waals surface area contributed by atoms with Crippen LogP contribution in [0.2, 0.25) is 5.04 Å². The van der Waals surface area contributed by atoms with E-state index in [0.717, 1.165) is 53.0 Å². The van der Waals surface area contributed by atoms with Crippen LogP contribution in [0.5, 0.6) is 5.75 Å². The van der Waals surface area contributed by atoms with Gasteiger partial charge in [-0.15, -0.1) is 11.6 Å². The molecule has 0 spiro atoms. The zero-order valence-corrected chi connectivity index (χ0v) is 28.6. The number of alkyl halides is 1. The Labute approximate surface area is 273 Å². The Hall–Kier alpha value is -3.72. The molecule has 235 valence electrons. The minimum atomic E-state index is -2.63. The van der Waals surface area contributed by atoms with E-state index in [9.17, 15) is 0 Å². The standard InChI is InChI=1S/C36H43ClN5O2Si/c1-6-13-29(20-21-44-45(36(2,3)4,30-14-9-7-10-15-30)31-16-11-8-12-17-31)41-35-34-32(38-26-39-35)24-40-42(34)25-28-19-18-27(23-37)22-33(28)43-5/h7-12,14-19,22,24,29H,6,13,20-21,23,25H2,1-5H3,(H,38,39,41)/t29-/m0/s1. The molecule has 0 saturated carbocycles. The first kappa shape index (κ1) is 32.7. The van der Waals surface area contributed by atoms with Crippen LogP contribution in [-0.2, 0) is 16.9 Å². The van der Waals surface area contributed by atoms with E-state index in [0.29, 0.717) is 19.0 Å². The minimum Gasteiger partial charge on any atom is -0.496 e. The summed E-state index contributed by atoms with van der Waals surface area (Å²) in [5.74, 6) is 1.93. The average molecular weight is 641 g/mol. The first-order valence-electron chi connectivity index (χ1n) is 15.6. The Morgan fingerprint density at radius 1 is 0.956 bits per heavy atom. The number of anilines is 1. The van der Waals surface area contributed by atoms with E-state index in [2.05, 4.69) is 115 Å². The molecule has 2 aromatic heterocycles. The molecule has 0 aliphatic carbocycles. The lowest BCUT2D eigenvalue weighted by molar-refractivity contribution is 0.281. The van der Waals surface area contributed by atoms with Crippen molar-refractivity contribution in [2.24, 2.45) is 0 Å². The largest absolute Gasteiger partial charge is 0.496 e. The van der Waals surface area contributed by atoms with Gasteiger partial charge in [-0.25, -0.2) is 9.97 Å². The van der Waals surface area contributed by atoms with Crippen LogP contribution >= 0.6 is 11.6 Å². The molecule has 5 aromatic rings. The van der Waals surface area contributed by atoms with Gasteiger partial charge >= 0.3 is 0 Å². The van der Waals surface area contributed by atoms with E-state index in [1.54, 1.807) is 13.3 Å². The number of hydrogen-bond donors (Lipinski definition) is 1. The Balaban J connectivity index is 1.41. The van der Waals surface area contributed by atoms with Gasteiger partial charge in [0.05, 0.1) is 19.9 Å². The predicted molar refractivity (Wildman–Crippen MR) is 186 cm³/mol. The monoisotopic (exact) mass is 640 g/mol. The zero-order valence-electron chi connectivity index (χ0n) is 26.9. The number of rotatable bonds is 14. The number of aromatic nitrogens is 4. The summed E-state index contributed by atoms with van der Waals surface area (Å²) in [5.41, 5.74) is 3.58. The van der Waals surface area contributed by atoms with Gasteiger partial charge in [-0.3, -0.25) is 4.68 Å². The van der Waals surface area contributed by atoms with Crippen LogP contribution in [0, 0.1) is 6.33 Å². The molecule has 9 heteroatoms. The first-order valence-corrected chi connectivity index (χ1v) is 18.1. The van der Waals surface area contributed by atoms with Crippen LogP contribution in [0.25, 0.3) is 11.0 Å². The molecule has 1 N–H and O–H groups in total. The molecule has 0 aliphatic heterocycles. The normalized spacial score (nSPS) is 12.8. The van der Waals surface area contributed by atoms with Gasteiger partial charge in [-0.2, -0.15) is 5.10 Å². The average Bonchev–Trinajstić information content (AvgIpc) is 3.47. The van der Waals surface area contributed by atoms with Gasteiger partial charge in [0.15, 0.2) is 5.82 Å². The summed E-state index contributed by atoms with van der Waals surface area (Å²) in [5, 5.41) is 10.9. The highest BCUT2D eigenvalue weighted by Gasteiger charge is 2.50. The number of nitrogens with zero attached hydrogens (tertiary/aromatic N) is 4. The molecule has 0 amide bonds. The maximum atomic E-state index is 7.22. The van der Waals surface area contributed by atoms with Gasteiger partial charge in [0.1, 0.15) is 16.8 Å². The summed E-state index contributed by atoms with van der Waals surface area (Å²) in [4.78, 5) is 8.96. The number of methoxy groups -OCH3 is 1. The third-order valence-electron chi connectivity index (χ3n) is 8.38. The quantitative estimate of drug-likeness (QED) is 0.104. The third kappa shape index (κ3) is 7.08. The fourth-order valence-electron chi connectivity index (χ4n) is 6.21. The number of hydrogen-bond acceptors (Lipinski definition) is 6. The maximum absolute atomic E-state index is 7.22. The lowest BCUT2D eigenvalue weighted by Crippen LogP contribution is -2.66. The van der Waals surface area contributed by atoms with Crippen molar-refractivity contribution in [2.75, 3.05) is 19.0 Å². The van der Waals surface area contributed by atoms with Crippen molar-refractivity contribution in [3.8, 4) is 5.75 Å². The van der Waals surface area contributed by atoms with E-state index in [1.165, 1.54) is 10.4 Å². The third-order valence-corrected chi connectivity index (χ3v) is 13.7. The van der Waals surface area contributed by atoms with Crippen LogP contribution in [0.15, 0.2) is 85.1 Å². The maximum Gasteiger partial charge on any atom is 0.261 e. The Bertz CT molecular complexity index is 1630. The van der Waals surface area contributed by atoms with E-state index in [1.807, 2.05) is 22.9 Å². The van der Waals surface area contributed by atoms with Gasteiger partial charge < -0.3 is 14.5 Å². The van der Waals surface area contributed by atoms with Crippen LogP contribution in [0.1, 0.15) is 58.1 Å². The molecule has 0 saturated heterocycles. The minimum absolute atomic E-state index is 0.0767. The number of ether oxygens (including phenoxy) is 1. The number of nitrogens with one attached hydrogen (secondary N) is 1. The van der Waals surface area contributed by atoms with Crippen LogP contribution < -0.4 is 20.4 Å². The first-order chi connectivity index (χ1) is 21.8. The summed E-state index contributed by atoms with van der Waals surface area (Å²) in [6.45, 7) is 10.3. The van der Waals surface area contributed by atoms with Gasteiger partial charge in [-0.1, -0.05) is 107 Å². The van der Waals surface area contributed by atoms with Crippen molar-refractivity contribution in [3.63, 3.8) is 0 Å². The van der Waals surface area contributed by atoms with Gasteiger partial charge in [-0.05, 0) is 39.9 Å². The molecule has 45 heavy (non-hydrogen) atoms. The second-order valence-electron chi connectivity index (χ2n) is 12.4. The van der Waals surface area contributed by atoms with Crippen LogP contribution in [-0.4, -0.2) is 47.8 Å². The predicted octanol–water partition coefficient (Wildman–Crippen LogP) is 6.97. The zero-order chi connectivity index (χ0) is 31.9. The Morgan fingerprint density at radius 3 is 2.24 bits per heavy atom. The summed E-state index contributed by atoms with van der Waals surface area (Å²) in [6, 6.07) is 27.8. The van der Waals surface area contributed by atoms with E-state index in [-0.39, 0.29) is 11.1 Å². The second-order valence-corrected chi connectivity index (χ2v) is 17.0. The molecule has 0 aliphatic rings. The van der Waals surface area contributed by atoms with E-state index < -0.39 is 8.32 Å². The summed E-state index contributed by atoms with van der Waals surface area (Å²) in [6.07, 6.45) is 7.41. The molecule has 7 nitrogen and oxygen atoms in total. The Morgan fingerprint density at radius 2 is 1.64 bits per heavy atom. The fourth-order valence-corrected chi connectivity index (χ4v) is 11.0. The second kappa shape index (κ2) is 14.6. The molecular formula is C36H43ClN5O2Si. The van der Waals surface area contributed by atoms with Crippen molar-refractivity contribution in [1.29, 1.82) is 0 Å². The van der Waals surface area contributed by atoms with Crippen molar-refractivity contribution in [2.45, 2.75) is 70.5 Å². The van der Waals surface area contributed by atoms with Crippen molar-refractivity contribution in [3.05, 3.63) is 103 Å². The highest BCUT2D eigenvalue weighted by molar-refractivity contribution is 6.99. The number of benzene rings is 3. The van der Waals surface area contributed by atoms with Gasteiger partial charge in [0, 0.05) is 24.1 Å². The molecule has 3 aromatic carbocycles. The number of halogens is 1. The van der Waals surface area contributed by atoms with Crippen molar-refractivity contribution >= 4 is 47.1 Å². The van der Waals surface area contributed by atoms with Crippen molar-refractivity contribution in [1.82, 2.24) is 19.7 Å². The van der Waals surface area contributed by atoms with E-state index >= 15 is 0 Å². The van der Waals surface area contributed by atoms with Crippen LogP contribution in [0.4, 0.5) is 5.82 Å². The molecule has 1 atom stereocenters. The van der Waals surface area contributed by atoms with Crippen molar-refractivity contribution < 1.29 is 9.16 Å². The van der Waals surface area contributed by atoms with Gasteiger partial charge in [0.25, 0.3) is 8.32 Å². The lowest BCUT2D eigenvalue weighted by Gasteiger charge is -2.43. The molecule has 0 unspecified atom stereocenters. The Kier molecular flexibility index (Phi) is 10.6. The van der Waals surface area contributed by atoms with Crippen LogP contribution in [0.3, 0.4) is 0 Å². The lowest BCUT2D eigenvalue weighted by atomic mass is 10.1. The molecule has 0 bridgehead atoms. The summed E-state index contributed by atoms with van der Waals surface area (Å²) >= 11 is 6.06. The SMILES string of the molecule is CCC[C@@H](CCO[Si](c1ccccc1)(c1ccccc1)C(C)(C)C)Nc1n[c]nc2cnn(Cc3ccc(CCl)cc3OC)c12. The number of fused-ring (bicyclic) bond motifs is 1. The summed E-state index contributed by atoms with van der Waals surface area (Å²) < 4.78 is 14.8. The molecule has 1 radical (unpaired) electrons. The highest BCUT2D eigenvalue weighted by atomic mass is 35.5. The molecule has 2 heterocycles. The van der Waals surface area contributed by atoms with E-state index in [4.69, 9.17) is 20.8 Å². The fraction of sp³-hybridized carbons (Fsp3) is 0.361. The topological polar surface area (TPSA) is 74.1 Å². The molecular weight excluding hydrogens is 598 g/mol. The highest BCUT2D eigenvalue weighted by Crippen LogP contribution is 2.37. The van der Waals surface area contributed by atoms with Gasteiger partial charge in [0.2, 0.25) is 6.33 Å². The molecule has 5 rings (SSSR count).